The predicted octanol–water partition coefficient (Wildman–Crippen LogP) is 3.19. The molecule has 0 saturated heterocycles. The van der Waals surface area contributed by atoms with Crippen molar-refractivity contribution in [3.63, 3.8) is 0 Å². The Hall–Kier alpha value is -1.87. The van der Waals surface area contributed by atoms with Gasteiger partial charge in [0.1, 0.15) is 0 Å². The fourth-order valence-electron chi connectivity index (χ4n) is 3.22. The van der Waals surface area contributed by atoms with Crippen LogP contribution in [0.2, 0.25) is 0 Å². The predicted molar refractivity (Wildman–Crippen MR) is 79.8 cm³/mol. The van der Waals surface area contributed by atoms with Crippen LogP contribution in [0.25, 0.3) is 10.8 Å². The fourth-order valence-corrected chi connectivity index (χ4v) is 3.22. The average Bonchev–Trinajstić information content (AvgIpc) is 2.84. The Morgan fingerprint density at radius 3 is 2.70 bits per heavy atom. The molecule has 0 spiro atoms. The van der Waals surface area contributed by atoms with Gasteiger partial charge in [-0.1, -0.05) is 30.3 Å². The van der Waals surface area contributed by atoms with Gasteiger partial charge < -0.3 is 10.8 Å². The third kappa shape index (κ3) is 2.29. The van der Waals surface area contributed by atoms with Crippen molar-refractivity contribution in [1.82, 2.24) is 0 Å². The lowest BCUT2D eigenvalue weighted by Crippen LogP contribution is -2.11. The van der Waals surface area contributed by atoms with Gasteiger partial charge in [0.25, 0.3) is 0 Å². The summed E-state index contributed by atoms with van der Waals surface area (Å²) in [6, 6.07) is 10.7. The molecule has 2 aromatic carbocycles. The van der Waals surface area contributed by atoms with Gasteiger partial charge >= 0.3 is 5.97 Å². The van der Waals surface area contributed by atoms with Crippen molar-refractivity contribution in [1.29, 1.82) is 0 Å². The number of carbonyl (C=O) groups is 1. The highest BCUT2D eigenvalue weighted by molar-refractivity contribution is 5.93. The molecule has 0 fully saturated rings. The zero-order valence-corrected chi connectivity index (χ0v) is 11.4. The molecule has 3 rings (SSSR count). The van der Waals surface area contributed by atoms with Crippen LogP contribution >= 0.6 is 0 Å². The number of carboxylic acids is 1. The number of hydrogen-bond acceptors (Lipinski definition) is 2. The molecule has 0 aromatic heterocycles. The first-order valence-electron chi connectivity index (χ1n) is 7.17. The van der Waals surface area contributed by atoms with Crippen LogP contribution in [0.1, 0.15) is 42.0 Å². The lowest BCUT2D eigenvalue weighted by Gasteiger charge is -2.15. The van der Waals surface area contributed by atoms with Crippen molar-refractivity contribution < 1.29 is 9.90 Å². The number of hydrogen-bond donors (Lipinski definition) is 2. The summed E-state index contributed by atoms with van der Waals surface area (Å²) in [4.78, 5) is 10.6. The highest BCUT2D eigenvalue weighted by Gasteiger charge is 2.18. The fraction of sp³-hybridized carbons (Fsp3) is 0.353. The summed E-state index contributed by atoms with van der Waals surface area (Å²) < 4.78 is 0. The summed E-state index contributed by atoms with van der Waals surface area (Å²) >= 11 is 0. The van der Waals surface area contributed by atoms with Gasteiger partial charge in [0.05, 0.1) is 0 Å². The van der Waals surface area contributed by atoms with E-state index in [9.17, 15) is 4.79 Å². The van der Waals surface area contributed by atoms with Gasteiger partial charge in [-0.25, -0.2) is 0 Å². The number of nitrogens with two attached hydrogens (primary N) is 1. The first-order valence-corrected chi connectivity index (χ1v) is 7.17. The van der Waals surface area contributed by atoms with Crippen LogP contribution in [-0.4, -0.2) is 11.1 Å². The van der Waals surface area contributed by atoms with E-state index in [0.717, 1.165) is 18.4 Å². The van der Waals surface area contributed by atoms with E-state index in [1.807, 2.05) is 0 Å². The maximum atomic E-state index is 10.6. The van der Waals surface area contributed by atoms with E-state index in [-0.39, 0.29) is 12.5 Å². The molecule has 20 heavy (non-hydrogen) atoms. The Morgan fingerprint density at radius 2 is 1.95 bits per heavy atom. The summed E-state index contributed by atoms with van der Waals surface area (Å²) in [6.07, 6.45) is 3.76. The molecule has 0 radical (unpaired) electrons. The normalized spacial score (nSPS) is 14.7. The van der Waals surface area contributed by atoms with E-state index in [4.69, 9.17) is 10.8 Å². The Kier molecular flexibility index (Phi) is 3.45. The molecule has 3 heteroatoms. The molecule has 1 aliphatic carbocycles. The minimum Gasteiger partial charge on any atom is -0.481 e. The molecule has 3 nitrogen and oxygen atoms in total. The molecular weight excluding hydrogens is 250 g/mol. The molecular formula is C17H19NO2. The van der Waals surface area contributed by atoms with Gasteiger partial charge in [-0.05, 0) is 53.1 Å². The molecule has 0 aliphatic heterocycles. The van der Waals surface area contributed by atoms with E-state index in [1.54, 1.807) is 0 Å². The molecule has 0 saturated carbocycles. The number of aryl methyl sites for hydroxylation is 2. The van der Waals surface area contributed by atoms with Gasteiger partial charge in [-0.2, -0.15) is 0 Å². The van der Waals surface area contributed by atoms with Crippen LogP contribution < -0.4 is 5.73 Å². The molecule has 1 atom stereocenters. The minimum atomic E-state index is -0.752. The van der Waals surface area contributed by atoms with Crippen LogP contribution in [0.3, 0.4) is 0 Å². The molecule has 2 aromatic rings. The molecule has 0 bridgehead atoms. The number of benzene rings is 2. The maximum absolute atomic E-state index is 10.6. The lowest BCUT2D eigenvalue weighted by molar-refractivity contribution is -0.137. The van der Waals surface area contributed by atoms with E-state index >= 15 is 0 Å². The van der Waals surface area contributed by atoms with Crippen LogP contribution in [0.15, 0.2) is 30.3 Å². The monoisotopic (exact) mass is 269 g/mol. The third-order valence-electron chi connectivity index (χ3n) is 4.22. The van der Waals surface area contributed by atoms with E-state index in [1.165, 1.54) is 21.9 Å². The van der Waals surface area contributed by atoms with Crippen molar-refractivity contribution in [3.05, 3.63) is 47.0 Å². The number of carboxylic acid groups (broad SMARTS) is 1. The summed E-state index contributed by atoms with van der Waals surface area (Å²) in [5.41, 5.74) is 10.3. The number of rotatable bonds is 5. The zero-order valence-electron chi connectivity index (χ0n) is 11.4. The highest BCUT2D eigenvalue weighted by Crippen LogP contribution is 2.35. The Balaban J connectivity index is 1.91. The second-order valence-electron chi connectivity index (χ2n) is 5.55. The van der Waals surface area contributed by atoms with Crippen molar-refractivity contribution in [2.24, 2.45) is 5.73 Å². The van der Waals surface area contributed by atoms with Crippen molar-refractivity contribution in [2.75, 3.05) is 0 Å². The van der Waals surface area contributed by atoms with Crippen LogP contribution in [0.4, 0.5) is 0 Å². The topological polar surface area (TPSA) is 63.3 Å². The summed E-state index contributed by atoms with van der Waals surface area (Å²) in [6.45, 7) is 0. The van der Waals surface area contributed by atoms with Crippen LogP contribution in [-0.2, 0) is 17.6 Å². The minimum absolute atomic E-state index is 0.0840. The van der Waals surface area contributed by atoms with Crippen molar-refractivity contribution in [3.8, 4) is 0 Å². The molecule has 104 valence electrons. The second-order valence-corrected chi connectivity index (χ2v) is 5.55. The average molecular weight is 269 g/mol. The molecule has 1 unspecified atom stereocenters. The molecule has 0 heterocycles. The van der Waals surface area contributed by atoms with Gasteiger partial charge in [0, 0.05) is 12.5 Å². The highest BCUT2D eigenvalue weighted by atomic mass is 16.4. The second kappa shape index (κ2) is 5.25. The largest absolute Gasteiger partial charge is 0.481 e. The van der Waals surface area contributed by atoms with Crippen LogP contribution in [0, 0.1) is 0 Å². The number of aliphatic carboxylic acids is 1. The molecule has 0 amide bonds. The first-order chi connectivity index (χ1) is 9.66. The third-order valence-corrected chi connectivity index (χ3v) is 4.22. The Labute approximate surface area is 118 Å². The Morgan fingerprint density at radius 1 is 1.20 bits per heavy atom. The lowest BCUT2D eigenvalue weighted by atomic mass is 9.93. The van der Waals surface area contributed by atoms with Gasteiger partial charge in [-0.3, -0.25) is 4.79 Å². The summed E-state index contributed by atoms with van der Waals surface area (Å²) in [7, 11) is 0. The van der Waals surface area contributed by atoms with Gasteiger partial charge in [0.15, 0.2) is 0 Å². The van der Waals surface area contributed by atoms with Gasteiger partial charge in [-0.15, -0.1) is 0 Å². The van der Waals surface area contributed by atoms with Crippen LogP contribution in [0.5, 0.6) is 0 Å². The van der Waals surface area contributed by atoms with Crippen molar-refractivity contribution >= 4 is 16.7 Å². The summed E-state index contributed by atoms with van der Waals surface area (Å²) in [5, 5.41) is 11.3. The first kappa shape index (κ1) is 13.1. The Bertz CT molecular complexity index is 653. The zero-order chi connectivity index (χ0) is 14.1. The maximum Gasteiger partial charge on any atom is 0.303 e. The van der Waals surface area contributed by atoms with E-state index < -0.39 is 5.97 Å². The molecule has 1 aliphatic rings. The quantitative estimate of drug-likeness (QED) is 0.876. The van der Waals surface area contributed by atoms with E-state index in [2.05, 4.69) is 30.3 Å². The van der Waals surface area contributed by atoms with Gasteiger partial charge in [0.2, 0.25) is 0 Å². The standard InChI is InChI=1S/C17H19NO2/c18-15(5-2-6-16(19)20)13-10-9-12-8-7-11-3-1-4-14(13)17(11)12/h1,3-4,9-10,15H,2,5-8,18H2,(H,19,20). The molecule has 3 N–H and O–H groups in total. The summed E-state index contributed by atoms with van der Waals surface area (Å²) in [5.74, 6) is -0.752. The SMILES string of the molecule is NC(CCCC(=O)O)c1ccc2c3c(cccc13)CC2. The van der Waals surface area contributed by atoms with Crippen molar-refractivity contribution in [2.45, 2.75) is 38.1 Å². The smallest absolute Gasteiger partial charge is 0.303 e. The van der Waals surface area contributed by atoms with E-state index in [0.29, 0.717) is 12.8 Å².